The highest BCUT2D eigenvalue weighted by atomic mass is 16.7. The molecule has 0 spiro atoms. The van der Waals surface area contributed by atoms with Gasteiger partial charge in [0, 0.05) is 6.42 Å². The van der Waals surface area contributed by atoms with Crippen LogP contribution in [-0.2, 0) is 19.1 Å². The molecule has 5 nitrogen and oxygen atoms in total. The van der Waals surface area contributed by atoms with E-state index in [1.807, 2.05) is 0 Å². The van der Waals surface area contributed by atoms with Gasteiger partial charge in [-0.25, -0.2) is 4.79 Å². The number of aliphatic hydroxyl groups excluding tert-OH is 1. The highest BCUT2D eigenvalue weighted by Gasteiger charge is 2.01. The summed E-state index contributed by atoms with van der Waals surface area (Å²) in [6.45, 7) is 0.492. The van der Waals surface area contributed by atoms with E-state index >= 15 is 0 Å². The van der Waals surface area contributed by atoms with E-state index in [4.69, 9.17) is 5.11 Å². The zero-order valence-electron chi connectivity index (χ0n) is 6.20. The van der Waals surface area contributed by atoms with Crippen LogP contribution in [0, 0.1) is 0 Å². The molecule has 0 aromatic rings. The Hall–Kier alpha value is -1.10. The minimum atomic E-state index is -0.811. The van der Waals surface area contributed by atoms with Gasteiger partial charge in [0.25, 0.3) is 0 Å². The minimum Gasteiger partial charge on any atom is -0.428 e. The third-order valence-electron chi connectivity index (χ3n) is 0.858. The van der Waals surface area contributed by atoms with Crippen molar-refractivity contribution in [2.45, 2.75) is 28.2 Å². The first-order valence-corrected chi connectivity index (χ1v) is 3.12. The quantitative estimate of drug-likeness (QED) is 0.527. The van der Waals surface area contributed by atoms with Gasteiger partial charge in [-0.05, 0) is 0 Å². The van der Waals surface area contributed by atoms with Crippen LogP contribution in [0.1, 0.15) is 28.2 Å². The monoisotopic (exact) mass is 194 g/mol. The van der Waals surface area contributed by atoms with Crippen molar-refractivity contribution < 1.29 is 24.2 Å². The van der Waals surface area contributed by atoms with Gasteiger partial charge in [-0.1, -0.05) is 21.8 Å². The second-order valence-corrected chi connectivity index (χ2v) is 1.66. The molecule has 5 heteroatoms. The second kappa shape index (κ2) is 10.9. The molecule has 0 aliphatic rings. The normalized spacial score (nSPS) is 7.54. The molecule has 0 unspecified atom stereocenters. The maximum atomic E-state index is 10.4. The topological polar surface area (TPSA) is 72.8 Å². The minimum absolute atomic E-state index is 0. The van der Waals surface area contributed by atoms with Gasteiger partial charge < -0.3 is 14.6 Å². The van der Waals surface area contributed by atoms with E-state index in [-0.39, 0.29) is 21.3 Å². The third-order valence-corrected chi connectivity index (χ3v) is 0.858. The lowest BCUT2D eigenvalue weighted by molar-refractivity contribution is -0.168. The number of hydrogen-bond donors (Lipinski definition) is 1. The Kier molecular flexibility index (Phi) is 15.0. The van der Waals surface area contributed by atoms with Gasteiger partial charge in [0.1, 0.15) is 6.61 Å². The number of ether oxygens (including phenoxy) is 2. The molecule has 0 fully saturated rings. The van der Waals surface area contributed by atoms with Crippen LogP contribution in [0.3, 0.4) is 0 Å². The van der Waals surface area contributed by atoms with E-state index in [1.54, 1.807) is 6.92 Å². The predicted molar refractivity (Wildman–Crippen MR) is 47.9 cm³/mol. The molecule has 0 aliphatic carbocycles. The third kappa shape index (κ3) is 10.9. The molecule has 0 aromatic carbocycles. The van der Waals surface area contributed by atoms with Crippen LogP contribution in [0.25, 0.3) is 0 Å². The number of carbonyl (C=O) groups excluding carboxylic acids is 2. The van der Waals surface area contributed by atoms with Gasteiger partial charge in [0.05, 0.1) is 0 Å². The van der Waals surface area contributed by atoms with Crippen LogP contribution in [-0.4, -0.2) is 30.4 Å². The SMILES string of the molecule is C.C.CCC(=O)OCOC(=O)CO. The number of carbonyl (C=O) groups is 2. The largest absolute Gasteiger partial charge is 0.428 e. The van der Waals surface area contributed by atoms with E-state index in [9.17, 15) is 9.59 Å². The van der Waals surface area contributed by atoms with Crippen molar-refractivity contribution in [1.82, 2.24) is 0 Å². The predicted octanol–water partition coefficient (Wildman–Crippen LogP) is 0.705. The molecular formula is C8H18O5. The molecule has 13 heavy (non-hydrogen) atoms. The average Bonchev–Trinajstić information content (AvgIpc) is 2.04. The lowest BCUT2D eigenvalue weighted by Gasteiger charge is -2.02. The van der Waals surface area contributed by atoms with E-state index in [0.717, 1.165) is 0 Å². The Balaban J connectivity index is -0.000000500. The van der Waals surface area contributed by atoms with E-state index < -0.39 is 25.3 Å². The molecule has 1 N–H and O–H groups in total. The number of esters is 2. The molecule has 0 bridgehead atoms. The first-order chi connectivity index (χ1) is 5.20. The summed E-state index contributed by atoms with van der Waals surface area (Å²) < 4.78 is 8.60. The van der Waals surface area contributed by atoms with Crippen LogP contribution < -0.4 is 0 Å². The molecule has 0 saturated heterocycles. The molecule has 0 amide bonds. The fourth-order valence-corrected chi connectivity index (χ4v) is 0.309. The van der Waals surface area contributed by atoms with Gasteiger partial charge in [-0.15, -0.1) is 0 Å². The van der Waals surface area contributed by atoms with Crippen molar-refractivity contribution in [1.29, 1.82) is 0 Å². The van der Waals surface area contributed by atoms with Crippen molar-refractivity contribution in [2.75, 3.05) is 13.4 Å². The van der Waals surface area contributed by atoms with Gasteiger partial charge in [0.2, 0.25) is 6.79 Å². The molecule has 0 saturated carbocycles. The van der Waals surface area contributed by atoms with Crippen LogP contribution >= 0.6 is 0 Å². The summed E-state index contributed by atoms with van der Waals surface area (Å²) in [7, 11) is 0. The van der Waals surface area contributed by atoms with Crippen LogP contribution in [0.5, 0.6) is 0 Å². The highest BCUT2D eigenvalue weighted by molar-refractivity contribution is 5.71. The molecule has 0 radical (unpaired) electrons. The summed E-state index contributed by atoms with van der Waals surface area (Å²) in [5.74, 6) is -1.26. The maximum absolute atomic E-state index is 10.4. The van der Waals surface area contributed by atoms with Crippen molar-refractivity contribution in [3.05, 3.63) is 0 Å². The van der Waals surface area contributed by atoms with Gasteiger partial charge in [0.15, 0.2) is 0 Å². The Bertz CT molecular complexity index is 127. The van der Waals surface area contributed by atoms with Gasteiger partial charge in [-0.2, -0.15) is 0 Å². The number of hydrogen-bond acceptors (Lipinski definition) is 5. The van der Waals surface area contributed by atoms with E-state index in [2.05, 4.69) is 9.47 Å². The smallest absolute Gasteiger partial charge is 0.334 e. The van der Waals surface area contributed by atoms with Crippen molar-refractivity contribution in [2.24, 2.45) is 0 Å². The first-order valence-electron chi connectivity index (χ1n) is 3.12. The summed E-state index contributed by atoms with van der Waals surface area (Å²) in [6.07, 6.45) is 0.233. The van der Waals surface area contributed by atoms with E-state index in [0.29, 0.717) is 0 Å². The second-order valence-electron chi connectivity index (χ2n) is 1.66. The summed E-state index contributed by atoms with van der Waals surface area (Å²) in [5, 5.41) is 8.14. The molecule has 0 rings (SSSR count). The van der Waals surface area contributed by atoms with Crippen LogP contribution in [0.15, 0.2) is 0 Å². The molecule has 0 heterocycles. The fraction of sp³-hybridized carbons (Fsp3) is 0.750. The fourth-order valence-electron chi connectivity index (χ4n) is 0.309. The van der Waals surface area contributed by atoms with Crippen LogP contribution in [0.4, 0.5) is 0 Å². The van der Waals surface area contributed by atoms with Gasteiger partial charge in [-0.3, -0.25) is 4.79 Å². The summed E-state index contributed by atoms with van der Waals surface area (Å²) in [5.41, 5.74) is 0. The lowest BCUT2D eigenvalue weighted by Crippen LogP contribution is -2.14. The van der Waals surface area contributed by atoms with Crippen molar-refractivity contribution in [3.63, 3.8) is 0 Å². The Morgan fingerprint density at radius 3 is 2.00 bits per heavy atom. The van der Waals surface area contributed by atoms with Crippen molar-refractivity contribution in [3.8, 4) is 0 Å². The van der Waals surface area contributed by atoms with Crippen LogP contribution in [0.2, 0.25) is 0 Å². The molecular weight excluding hydrogens is 176 g/mol. The Labute approximate surface area is 78.6 Å². The standard InChI is InChI=1S/C6H10O5.2CH4/c1-2-5(8)10-4-11-6(9)3-7;;/h7H,2-4H2,1H3;2*1H4. The molecule has 0 atom stereocenters. The zero-order valence-corrected chi connectivity index (χ0v) is 6.20. The number of rotatable bonds is 4. The summed E-state index contributed by atoms with van der Waals surface area (Å²) >= 11 is 0. The molecule has 0 aliphatic heterocycles. The summed E-state index contributed by atoms with van der Waals surface area (Å²) in [4.78, 5) is 20.6. The highest BCUT2D eigenvalue weighted by Crippen LogP contribution is 1.85. The van der Waals surface area contributed by atoms with Gasteiger partial charge >= 0.3 is 11.9 Å². The Morgan fingerprint density at radius 1 is 1.15 bits per heavy atom. The zero-order chi connectivity index (χ0) is 8.69. The van der Waals surface area contributed by atoms with Crippen molar-refractivity contribution >= 4 is 11.9 Å². The number of aliphatic hydroxyl groups is 1. The summed E-state index contributed by atoms with van der Waals surface area (Å²) in [6, 6.07) is 0. The lowest BCUT2D eigenvalue weighted by atomic mass is 10.5. The average molecular weight is 194 g/mol. The molecule has 0 aromatic heterocycles. The molecule has 80 valence electrons. The van der Waals surface area contributed by atoms with E-state index in [1.165, 1.54) is 0 Å². The Morgan fingerprint density at radius 2 is 1.62 bits per heavy atom. The first kappa shape index (κ1) is 17.8. The maximum Gasteiger partial charge on any atom is 0.334 e.